The van der Waals surface area contributed by atoms with E-state index in [1.165, 1.54) is 6.42 Å². The minimum absolute atomic E-state index is 0. The third-order valence-electron chi connectivity index (χ3n) is 2.75. The van der Waals surface area contributed by atoms with Crippen LogP contribution in [0.5, 0.6) is 0 Å². The minimum Gasteiger partial charge on any atom is -0.356 e. The Morgan fingerprint density at radius 1 is 1.44 bits per heavy atom. The standard InChI is InChI=1S/C12H24N4O.HI/c1-8(2)15-11(17)5-6-14-12(13-4)16-10-7-9(10)3;/h8-10H,5-7H2,1-4H3,(H,15,17)(H2,13,14,16);1H. The van der Waals surface area contributed by atoms with Gasteiger partial charge in [0.2, 0.25) is 5.91 Å². The summed E-state index contributed by atoms with van der Waals surface area (Å²) < 4.78 is 0. The van der Waals surface area contributed by atoms with Gasteiger partial charge in [-0.05, 0) is 26.2 Å². The van der Waals surface area contributed by atoms with Gasteiger partial charge in [0.05, 0.1) is 0 Å². The number of aliphatic imine (C=N–C) groups is 1. The Morgan fingerprint density at radius 3 is 2.50 bits per heavy atom. The van der Waals surface area contributed by atoms with Crippen molar-refractivity contribution in [2.75, 3.05) is 13.6 Å². The van der Waals surface area contributed by atoms with Crippen LogP contribution in [0.4, 0.5) is 0 Å². The molecule has 0 radical (unpaired) electrons. The Balaban J connectivity index is 0.00000289. The van der Waals surface area contributed by atoms with Gasteiger partial charge in [0.25, 0.3) is 0 Å². The fraction of sp³-hybridized carbons (Fsp3) is 0.833. The van der Waals surface area contributed by atoms with E-state index in [-0.39, 0.29) is 35.9 Å². The van der Waals surface area contributed by atoms with Gasteiger partial charge in [0, 0.05) is 32.1 Å². The van der Waals surface area contributed by atoms with Crippen LogP contribution in [0.2, 0.25) is 0 Å². The number of halogens is 1. The van der Waals surface area contributed by atoms with Crippen LogP contribution in [0, 0.1) is 5.92 Å². The van der Waals surface area contributed by atoms with E-state index in [1.807, 2.05) is 13.8 Å². The molecule has 0 saturated heterocycles. The molecule has 1 aliphatic rings. The molecule has 0 aromatic carbocycles. The predicted molar refractivity (Wildman–Crippen MR) is 85.4 cm³/mol. The maximum absolute atomic E-state index is 11.4. The summed E-state index contributed by atoms with van der Waals surface area (Å²) >= 11 is 0. The van der Waals surface area contributed by atoms with Gasteiger partial charge >= 0.3 is 0 Å². The number of hydrogen-bond acceptors (Lipinski definition) is 2. The van der Waals surface area contributed by atoms with Gasteiger partial charge in [0.1, 0.15) is 0 Å². The number of nitrogens with one attached hydrogen (secondary N) is 3. The Hall–Kier alpha value is -0.530. The van der Waals surface area contributed by atoms with E-state index in [9.17, 15) is 4.79 Å². The summed E-state index contributed by atoms with van der Waals surface area (Å²) in [4.78, 5) is 15.5. The van der Waals surface area contributed by atoms with E-state index < -0.39 is 0 Å². The minimum atomic E-state index is 0. The molecule has 1 aliphatic carbocycles. The molecule has 3 N–H and O–H groups in total. The monoisotopic (exact) mass is 368 g/mol. The zero-order valence-corrected chi connectivity index (χ0v) is 13.9. The van der Waals surface area contributed by atoms with E-state index in [4.69, 9.17) is 0 Å². The molecule has 1 fully saturated rings. The Morgan fingerprint density at radius 2 is 2.06 bits per heavy atom. The molecule has 106 valence electrons. The predicted octanol–water partition coefficient (Wildman–Crippen LogP) is 1.09. The van der Waals surface area contributed by atoms with E-state index in [1.54, 1.807) is 7.05 Å². The summed E-state index contributed by atoms with van der Waals surface area (Å²) in [7, 11) is 1.75. The van der Waals surface area contributed by atoms with Crippen molar-refractivity contribution in [2.24, 2.45) is 10.9 Å². The summed E-state index contributed by atoms with van der Waals surface area (Å²) in [5.41, 5.74) is 0. The van der Waals surface area contributed by atoms with Crippen molar-refractivity contribution in [2.45, 2.75) is 45.7 Å². The number of hydrogen-bond donors (Lipinski definition) is 3. The number of guanidine groups is 1. The van der Waals surface area contributed by atoms with Crippen molar-refractivity contribution >= 4 is 35.8 Å². The Kier molecular flexibility index (Phi) is 8.30. The van der Waals surface area contributed by atoms with Crippen LogP contribution in [0.25, 0.3) is 0 Å². The van der Waals surface area contributed by atoms with Crippen LogP contribution in [-0.2, 0) is 4.79 Å². The van der Waals surface area contributed by atoms with Crippen molar-refractivity contribution in [1.29, 1.82) is 0 Å². The topological polar surface area (TPSA) is 65.5 Å². The van der Waals surface area contributed by atoms with Crippen LogP contribution >= 0.6 is 24.0 Å². The van der Waals surface area contributed by atoms with Crippen LogP contribution in [0.1, 0.15) is 33.6 Å². The van der Waals surface area contributed by atoms with Gasteiger partial charge in [0.15, 0.2) is 5.96 Å². The first kappa shape index (κ1) is 17.5. The molecule has 2 atom stereocenters. The highest BCUT2D eigenvalue weighted by Crippen LogP contribution is 2.28. The molecule has 0 heterocycles. The van der Waals surface area contributed by atoms with Crippen molar-refractivity contribution in [3.05, 3.63) is 0 Å². The normalized spacial score (nSPS) is 22.2. The van der Waals surface area contributed by atoms with Crippen LogP contribution in [0.15, 0.2) is 4.99 Å². The SMILES string of the molecule is CN=C(NCCC(=O)NC(C)C)NC1CC1C.I. The van der Waals surface area contributed by atoms with Crippen LogP contribution in [0.3, 0.4) is 0 Å². The summed E-state index contributed by atoms with van der Waals surface area (Å²) in [6.45, 7) is 6.74. The van der Waals surface area contributed by atoms with Crippen LogP contribution in [-0.4, -0.2) is 37.5 Å². The molecule has 1 rings (SSSR count). The maximum atomic E-state index is 11.4. The molecule has 5 nitrogen and oxygen atoms in total. The van der Waals surface area contributed by atoms with E-state index in [0.717, 1.165) is 11.9 Å². The number of nitrogens with zero attached hydrogens (tertiary/aromatic N) is 1. The number of amides is 1. The maximum Gasteiger partial charge on any atom is 0.221 e. The highest BCUT2D eigenvalue weighted by Gasteiger charge is 2.33. The molecule has 6 heteroatoms. The molecule has 0 aromatic heterocycles. The number of carbonyl (C=O) groups excluding carboxylic acids is 1. The van der Waals surface area contributed by atoms with E-state index >= 15 is 0 Å². The molecule has 0 bridgehead atoms. The zero-order valence-electron chi connectivity index (χ0n) is 11.6. The lowest BCUT2D eigenvalue weighted by Crippen LogP contribution is -2.41. The first-order chi connectivity index (χ1) is 8.02. The van der Waals surface area contributed by atoms with Crippen LogP contribution < -0.4 is 16.0 Å². The van der Waals surface area contributed by atoms with Crippen molar-refractivity contribution < 1.29 is 4.79 Å². The first-order valence-electron chi connectivity index (χ1n) is 6.29. The molecular formula is C12H25IN4O. The Bertz CT molecular complexity index is 294. The fourth-order valence-electron chi connectivity index (χ4n) is 1.58. The smallest absolute Gasteiger partial charge is 0.221 e. The van der Waals surface area contributed by atoms with Crippen molar-refractivity contribution in [1.82, 2.24) is 16.0 Å². The second-order valence-corrected chi connectivity index (χ2v) is 4.94. The summed E-state index contributed by atoms with van der Waals surface area (Å²) in [5.74, 6) is 1.59. The third kappa shape index (κ3) is 7.03. The summed E-state index contributed by atoms with van der Waals surface area (Å²) in [5, 5.41) is 9.31. The van der Waals surface area contributed by atoms with Crippen molar-refractivity contribution in [3.8, 4) is 0 Å². The number of carbonyl (C=O) groups is 1. The number of rotatable bonds is 5. The van der Waals surface area contributed by atoms with Gasteiger partial charge in [-0.3, -0.25) is 9.79 Å². The molecule has 1 saturated carbocycles. The molecule has 0 aliphatic heterocycles. The molecule has 2 unspecified atom stereocenters. The average molecular weight is 368 g/mol. The lowest BCUT2D eigenvalue weighted by Gasteiger charge is -2.12. The third-order valence-corrected chi connectivity index (χ3v) is 2.75. The molecule has 1 amide bonds. The lowest BCUT2D eigenvalue weighted by atomic mass is 10.3. The van der Waals surface area contributed by atoms with Gasteiger partial charge in [-0.15, -0.1) is 24.0 Å². The van der Waals surface area contributed by atoms with Gasteiger partial charge in [-0.1, -0.05) is 6.92 Å². The molecule has 18 heavy (non-hydrogen) atoms. The first-order valence-corrected chi connectivity index (χ1v) is 6.29. The fourth-order valence-corrected chi connectivity index (χ4v) is 1.58. The highest BCUT2D eigenvalue weighted by atomic mass is 127. The van der Waals surface area contributed by atoms with Crippen molar-refractivity contribution in [3.63, 3.8) is 0 Å². The second kappa shape index (κ2) is 8.55. The van der Waals surface area contributed by atoms with E-state index in [0.29, 0.717) is 19.0 Å². The van der Waals surface area contributed by atoms with Gasteiger partial charge < -0.3 is 16.0 Å². The highest BCUT2D eigenvalue weighted by molar-refractivity contribution is 14.0. The average Bonchev–Trinajstić information content (AvgIpc) is 2.91. The molecule has 0 spiro atoms. The quantitative estimate of drug-likeness (QED) is 0.387. The lowest BCUT2D eigenvalue weighted by molar-refractivity contribution is -0.121. The largest absolute Gasteiger partial charge is 0.356 e. The summed E-state index contributed by atoms with van der Waals surface area (Å²) in [6, 6.07) is 0.748. The van der Waals surface area contributed by atoms with Gasteiger partial charge in [-0.25, -0.2) is 0 Å². The second-order valence-electron chi connectivity index (χ2n) is 4.94. The summed E-state index contributed by atoms with van der Waals surface area (Å²) in [6.07, 6.45) is 1.67. The Labute approximate surface area is 127 Å². The van der Waals surface area contributed by atoms with E-state index in [2.05, 4.69) is 27.9 Å². The molecule has 0 aromatic rings. The van der Waals surface area contributed by atoms with Gasteiger partial charge in [-0.2, -0.15) is 0 Å². The zero-order chi connectivity index (χ0) is 12.8. The molecular weight excluding hydrogens is 343 g/mol.